The Hall–Kier alpha value is -1.82. The lowest BCUT2D eigenvalue weighted by atomic mass is 9.91. The van der Waals surface area contributed by atoms with E-state index >= 15 is 0 Å². The fourth-order valence-electron chi connectivity index (χ4n) is 3.65. The molecule has 1 aromatic rings. The SMILES string of the molecule is COc1ccc(OC2[C@H]3OCC=CC[C@@H]3O[C@@H]3CC=CCO[C@@H]23)cc1. The minimum Gasteiger partial charge on any atom is -0.497 e. The third kappa shape index (κ3) is 3.59. The van der Waals surface area contributed by atoms with Crippen LogP contribution in [0.25, 0.3) is 0 Å². The summed E-state index contributed by atoms with van der Waals surface area (Å²) in [6.45, 7) is 1.14. The molecular weight excluding hydrogens is 320 g/mol. The van der Waals surface area contributed by atoms with Crippen LogP contribution in [-0.4, -0.2) is 50.8 Å². The molecule has 5 atom stereocenters. The third-order valence-electron chi connectivity index (χ3n) is 4.90. The highest BCUT2D eigenvalue weighted by molar-refractivity contribution is 5.31. The molecule has 5 nitrogen and oxygen atoms in total. The zero-order chi connectivity index (χ0) is 17.1. The molecule has 0 bridgehead atoms. The lowest BCUT2D eigenvalue weighted by Crippen LogP contribution is -2.60. The zero-order valence-corrected chi connectivity index (χ0v) is 14.4. The van der Waals surface area contributed by atoms with Crippen molar-refractivity contribution < 1.29 is 23.7 Å². The fourth-order valence-corrected chi connectivity index (χ4v) is 3.65. The van der Waals surface area contributed by atoms with Crippen LogP contribution in [-0.2, 0) is 14.2 Å². The summed E-state index contributed by atoms with van der Waals surface area (Å²) in [4.78, 5) is 0. The maximum atomic E-state index is 6.36. The molecule has 25 heavy (non-hydrogen) atoms. The van der Waals surface area contributed by atoms with Gasteiger partial charge in [0.25, 0.3) is 0 Å². The first-order valence-corrected chi connectivity index (χ1v) is 8.84. The van der Waals surface area contributed by atoms with Gasteiger partial charge in [-0.1, -0.05) is 24.3 Å². The first kappa shape index (κ1) is 16.6. The Labute approximate surface area is 148 Å². The summed E-state index contributed by atoms with van der Waals surface area (Å²) in [7, 11) is 1.66. The molecule has 1 fully saturated rings. The molecular formula is C20H24O5. The van der Waals surface area contributed by atoms with E-state index in [1.54, 1.807) is 7.11 Å². The van der Waals surface area contributed by atoms with Crippen molar-refractivity contribution >= 4 is 0 Å². The predicted octanol–water partition coefficient (Wildman–Crippen LogP) is 2.90. The zero-order valence-electron chi connectivity index (χ0n) is 14.4. The second-order valence-electron chi connectivity index (χ2n) is 6.48. The van der Waals surface area contributed by atoms with Crippen LogP contribution in [0.5, 0.6) is 11.5 Å². The largest absolute Gasteiger partial charge is 0.497 e. The summed E-state index contributed by atoms with van der Waals surface area (Å²) in [5, 5.41) is 0. The molecule has 0 spiro atoms. The Morgan fingerprint density at radius 1 is 0.800 bits per heavy atom. The van der Waals surface area contributed by atoms with Crippen LogP contribution in [0.3, 0.4) is 0 Å². The van der Waals surface area contributed by atoms with Crippen LogP contribution in [0.4, 0.5) is 0 Å². The van der Waals surface area contributed by atoms with Crippen molar-refractivity contribution in [1.82, 2.24) is 0 Å². The van der Waals surface area contributed by atoms with Crippen molar-refractivity contribution in [1.29, 1.82) is 0 Å². The summed E-state index contributed by atoms with van der Waals surface area (Å²) in [5.41, 5.74) is 0. The first-order chi connectivity index (χ1) is 12.3. The summed E-state index contributed by atoms with van der Waals surface area (Å²) in [5.74, 6) is 1.59. The van der Waals surface area contributed by atoms with E-state index in [0.717, 1.165) is 24.3 Å². The van der Waals surface area contributed by atoms with Gasteiger partial charge in [0, 0.05) is 0 Å². The molecule has 0 amide bonds. The Bertz CT molecular complexity index is 593. The highest BCUT2D eigenvalue weighted by atomic mass is 16.6. The molecule has 134 valence electrons. The molecule has 1 saturated heterocycles. The number of ether oxygens (including phenoxy) is 5. The normalized spacial score (nSPS) is 34.4. The van der Waals surface area contributed by atoms with E-state index in [2.05, 4.69) is 12.2 Å². The van der Waals surface area contributed by atoms with Gasteiger partial charge < -0.3 is 23.7 Å². The first-order valence-electron chi connectivity index (χ1n) is 8.84. The summed E-state index contributed by atoms with van der Waals surface area (Å²) < 4.78 is 30.0. The van der Waals surface area contributed by atoms with Gasteiger partial charge in [0.2, 0.25) is 0 Å². The van der Waals surface area contributed by atoms with Gasteiger partial charge in [-0.2, -0.15) is 0 Å². The lowest BCUT2D eigenvalue weighted by molar-refractivity contribution is -0.230. The molecule has 5 heteroatoms. The molecule has 0 aromatic heterocycles. The van der Waals surface area contributed by atoms with Crippen molar-refractivity contribution in [3.8, 4) is 11.5 Å². The Morgan fingerprint density at radius 2 is 1.36 bits per heavy atom. The van der Waals surface area contributed by atoms with Crippen molar-refractivity contribution in [3.05, 3.63) is 48.6 Å². The molecule has 0 aliphatic carbocycles. The highest BCUT2D eigenvalue weighted by Gasteiger charge is 2.48. The second-order valence-corrected chi connectivity index (χ2v) is 6.48. The van der Waals surface area contributed by atoms with Gasteiger partial charge in [0.1, 0.15) is 23.7 Å². The minimum atomic E-state index is -0.211. The Kier molecular flexibility index (Phi) is 5.06. The van der Waals surface area contributed by atoms with E-state index in [1.807, 2.05) is 36.4 Å². The maximum absolute atomic E-state index is 6.36. The fraction of sp³-hybridized carbons (Fsp3) is 0.500. The van der Waals surface area contributed by atoms with Crippen molar-refractivity contribution in [2.75, 3.05) is 20.3 Å². The van der Waals surface area contributed by atoms with Gasteiger partial charge in [-0.25, -0.2) is 0 Å². The van der Waals surface area contributed by atoms with Crippen molar-refractivity contribution in [2.24, 2.45) is 0 Å². The Morgan fingerprint density at radius 3 is 1.92 bits per heavy atom. The van der Waals surface area contributed by atoms with Crippen LogP contribution >= 0.6 is 0 Å². The van der Waals surface area contributed by atoms with Crippen LogP contribution in [0.2, 0.25) is 0 Å². The molecule has 1 aromatic carbocycles. The van der Waals surface area contributed by atoms with Gasteiger partial charge in [-0.05, 0) is 37.1 Å². The van der Waals surface area contributed by atoms with Crippen molar-refractivity contribution in [2.45, 2.75) is 43.4 Å². The third-order valence-corrected chi connectivity index (χ3v) is 4.90. The van der Waals surface area contributed by atoms with Gasteiger partial charge in [-0.15, -0.1) is 0 Å². The predicted molar refractivity (Wildman–Crippen MR) is 93.1 cm³/mol. The van der Waals surface area contributed by atoms with Crippen LogP contribution in [0, 0.1) is 0 Å². The maximum Gasteiger partial charge on any atom is 0.156 e. The van der Waals surface area contributed by atoms with Gasteiger partial charge in [0.05, 0.1) is 32.5 Å². The number of methoxy groups -OCH3 is 1. The summed E-state index contributed by atoms with van der Waals surface area (Å²) >= 11 is 0. The molecule has 1 unspecified atom stereocenters. The molecule has 0 radical (unpaired) electrons. The molecule has 3 aliphatic rings. The van der Waals surface area contributed by atoms with Gasteiger partial charge in [-0.3, -0.25) is 0 Å². The van der Waals surface area contributed by atoms with Crippen molar-refractivity contribution in [3.63, 3.8) is 0 Å². The van der Waals surface area contributed by atoms with E-state index in [9.17, 15) is 0 Å². The molecule has 0 N–H and O–H groups in total. The minimum absolute atomic E-state index is 0.0154. The van der Waals surface area contributed by atoms with Crippen LogP contribution < -0.4 is 9.47 Å². The lowest BCUT2D eigenvalue weighted by Gasteiger charge is -2.45. The number of fused-ring (bicyclic) bond motifs is 2. The van der Waals surface area contributed by atoms with E-state index in [1.165, 1.54) is 0 Å². The van der Waals surface area contributed by atoms with Crippen LogP contribution in [0.15, 0.2) is 48.6 Å². The average Bonchev–Trinajstić information content (AvgIpc) is 3.02. The monoisotopic (exact) mass is 344 g/mol. The number of hydrogen-bond acceptors (Lipinski definition) is 5. The molecule has 4 rings (SSSR count). The van der Waals surface area contributed by atoms with Crippen LogP contribution in [0.1, 0.15) is 12.8 Å². The summed E-state index contributed by atoms with van der Waals surface area (Å²) in [6.07, 6.45) is 9.46. The number of hydrogen-bond donors (Lipinski definition) is 0. The molecule has 3 aliphatic heterocycles. The second kappa shape index (κ2) is 7.60. The average molecular weight is 344 g/mol. The quantitative estimate of drug-likeness (QED) is 0.789. The van der Waals surface area contributed by atoms with E-state index < -0.39 is 0 Å². The van der Waals surface area contributed by atoms with Gasteiger partial charge >= 0.3 is 0 Å². The van der Waals surface area contributed by atoms with E-state index in [-0.39, 0.29) is 30.5 Å². The standard InChI is InChI=1S/C20H24O5/c1-21-14-8-10-15(11-9-14)24-20-18-16(6-2-4-12-22-18)25-17-7-3-5-13-23-19(17)20/h2-5,8-11,16-20H,6-7,12-13H2,1H3/t16-,17+,18-,19+,20?. The Balaban J connectivity index is 1.59. The molecule has 0 saturated carbocycles. The highest BCUT2D eigenvalue weighted by Crippen LogP contribution is 2.34. The van der Waals surface area contributed by atoms with E-state index in [0.29, 0.717) is 13.2 Å². The summed E-state index contributed by atoms with van der Waals surface area (Å²) in [6, 6.07) is 7.63. The molecule has 3 heterocycles. The van der Waals surface area contributed by atoms with Gasteiger partial charge in [0.15, 0.2) is 6.10 Å². The number of rotatable bonds is 3. The topological polar surface area (TPSA) is 46.2 Å². The van der Waals surface area contributed by atoms with E-state index in [4.69, 9.17) is 23.7 Å². The smallest absolute Gasteiger partial charge is 0.156 e. The number of benzene rings is 1.